The first-order valence-corrected chi connectivity index (χ1v) is 6.44. The van der Waals surface area contributed by atoms with Crippen LogP contribution >= 0.6 is 22.9 Å². The van der Waals surface area contributed by atoms with Crippen molar-refractivity contribution in [1.82, 2.24) is 10.3 Å². The fourth-order valence-electron chi connectivity index (χ4n) is 1.42. The second-order valence-electron chi connectivity index (χ2n) is 3.71. The molecular formula is C12H11ClN2O2S. The summed E-state index contributed by atoms with van der Waals surface area (Å²) in [4.78, 5) is 17.1. The van der Waals surface area contributed by atoms with E-state index in [2.05, 4.69) is 10.3 Å². The Hall–Kier alpha value is -1.59. The van der Waals surface area contributed by atoms with E-state index in [4.69, 9.17) is 11.6 Å². The van der Waals surface area contributed by atoms with Gasteiger partial charge in [-0.3, -0.25) is 4.79 Å². The van der Waals surface area contributed by atoms with Gasteiger partial charge in [0, 0.05) is 11.1 Å². The van der Waals surface area contributed by atoms with Crippen molar-refractivity contribution < 1.29 is 9.90 Å². The van der Waals surface area contributed by atoms with Crippen LogP contribution in [0.25, 0.3) is 0 Å². The van der Waals surface area contributed by atoms with Crippen molar-refractivity contribution in [2.24, 2.45) is 0 Å². The highest BCUT2D eigenvalue weighted by Crippen LogP contribution is 2.21. The average Bonchev–Trinajstić information content (AvgIpc) is 2.75. The number of thiazole rings is 1. The van der Waals surface area contributed by atoms with Crippen LogP contribution in [-0.4, -0.2) is 16.0 Å². The molecule has 0 saturated carbocycles. The summed E-state index contributed by atoms with van der Waals surface area (Å²) in [6.45, 7) is 2.30. The molecule has 2 rings (SSSR count). The third kappa shape index (κ3) is 3.00. The zero-order valence-electron chi connectivity index (χ0n) is 9.61. The Bertz CT molecular complexity index is 583. The van der Waals surface area contributed by atoms with E-state index < -0.39 is 0 Å². The van der Waals surface area contributed by atoms with E-state index in [-0.39, 0.29) is 17.2 Å². The maximum Gasteiger partial charge on any atom is 0.253 e. The summed E-state index contributed by atoms with van der Waals surface area (Å²) in [6, 6.07) is 4.26. The quantitative estimate of drug-likeness (QED) is 0.910. The number of phenols is 1. The number of nitrogens with zero attached hydrogens (tertiary/aromatic N) is 1. The van der Waals surface area contributed by atoms with Crippen molar-refractivity contribution in [3.63, 3.8) is 0 Å². The minimum atomic E-state index is -0.330. The van der Waals surface area contributed by atoms with Crippen molar-refractivity contribution in [1.29, 1.82) is 0 Å². The van der Waals surface area contributed by atoms with Gasteiger partial charge in [0.1, 0.15) is 10.8 Å². The number of amides is 1. The molecule has 0 spiro atoms. The maximum atomic E-state index is 11.9. The Labute approximate surface area is 113 Å². The SMILES string of the molecule is Cc1cnc(CNC(=O)c2cc(O)ccc2Cl)s1. The van der Waals surface area contributed by atoms with Crippen LogP contribution in [0.5, 0.6) is 5.75 Å². The van der Waals surface area contributed by atoms with Gasteiger partial charge in [0.25, 0.3) is 5.91 Å². The summed E-state index contributed by atoms with van der Waals surface area (Å²) in [7, 11) is 0. The fourth-order valence-corrected chi connectivity index (χ4v) is 2.35. The molecule has 2 N–H and O–H groups in total. The van der Waals surface area contributed by atoms with Crippen molar-refractivity contribution >= 4 is 28.8 Å². The molecule has 4 nitrogen and oxygen atoms in total. The fraction of sp³-hybridized carbons (Fsp3) is 0.167. The van der Waals surface area contributed by atoms with Gasteiger partial charge < -0.3 is 10.4 Å². The van der Waals surface area contributed by atoms with Gasteiger partial charge in [-0.1, -0.05) is 11.6 Å². The molecule has 1 amide bonds. The molecule has 6 heteroatoms. The number of nitrogens with one attached hydrogen (secondary N) is 1. The molecule has 0 aliphatic carbocycles. The summed E-state index contributed by atoms with van der Waals surface area (Å²) in [5.41, 5.74) is 0.255. The van der Waals surface area contributed by atoms with Gasteiger partial charge >= 0.3 is 0 Å². The lowest BCUT2D eigenvalue weighted by Gasteiger charge is -2.05. The molecule has 0 radical (unpaired) electrons. The predicted molar refractivity (Wildman–Crippen MR) is 71.1 cm³/mol. The van der Waals surface area contributed by atoms with Crippen LogP contribution in [-0.2, 0) is 6.54 Å². The van der Waals surface area contributed by atoms with Gasteiger partial charge in [-0.25, -0.2) is 4.98 Å². The van der Waals surface area contributed by atoms with Crippen LogP contribution in [0, 0.1) is 6.92 Å². The van der Waals surface area contributed by atoms with Crippen molar-refractivity contribution in [3.8, 4) is 5.75 Å². The van der Waals surface area contributed by atoms with Crippen LogP contribution in [0.15, 0.2) is 24.4 Å². The Morgan fingerprint density at radius 3 is 3.00 bits per heavy atom. The Kier molecular flexibility index (Phi) is 3.84. The third-order valence-corrected chi connectivity index (χ3v) is 3.51. The topological polar surface area (TPSA) is 62.2 Å². The lowest BCUT2D eigenvalue weighted by Crippen LogP contribution is -2.22. The van der Waals surface area contributed by atoms with E-state index >= 15 is 0 Å². The predicted octanol–water partition coefficient (Wildman–Crippen LogP) is 2.74. The zero-order chi connectivity index (χ0) is 13.1. The van der Waals surface area contributed by atoms with Gasteiger partial charge in [-0.05, 0) is 25.1 Å². The number of halogens is 1. The van der Waals surface area contributed by atoms with Gasteiger partial charge in [0.15, 0.2) is 0 Å². The molecule has 0 saturated heterocycles. The highest BCUT2D eigenvalue weighted by molar-refractivity contribution is 7.11. The summed E-state index contributed by atoms with van der Waals surface area (Å²) < 4.78 is 0. The summed E-state index contributed by atoms with van der Waals surface area (Å²) in [6.07, 6.45) is 1.76. The molecule has 94 valence electrons. The monoisotopic (exact) mass is 282 g/mol. The van der Waals surface area contributed by atoms with Crippen LogP contribution < -0.4 is 5.32 Å². The Morgan fingerprint density at radius 2 is 2.33 bits per heavy atom. The lowest BCUT2D eigenvalue weighted by atomic mass is 10.2. The summed E-state index contributed by atoms with van der Waals surface area (Å²) in [5, 5.41) is 13.2. The number of aryl methyl sites for hydroxylation is 1. The molecule has 0 atom stereocenters. The molecule has 18 heavy (non-hydrogen) atoms. The van der Waals surface area contributed by atoms with Crippen LogP contribution in [0.4, 0.5) is 0 Å². The van der Waals surface area contributed by atoms with Gasteiger partial charge in [-0.2, -0.15) is 0 Å². The first kappa shape index (κ1) is 12.9. The standard InChI is InChI=1S/C12H11ClN2O2S/c1-7-5-14-11(18-7)6-15-12(17)9-4-8(16)2-3-10(9)13/h2-5,16H,6H2,1H3,(H,15,17). The van der Waals surface area contributed by atoms with E-state index in [1.165, 1.54) is 29.5 Å². The Morgan fingerprint density at radius 1 is 1.56 bits per heavy atom. The van der Waals surface area contributed by atoms with E-state index in [9.17, 15) is 9.90 Å². The largest absolute Gasteiger partial charge is 0.508 e. The number of phenolic OH excluding ortho intramolecular Hbond substituents is 1. The first-order valence-electron chi connectivity index (χ1n) is 5.24. The van der Waals surface area contributed by atoms with Gasteiger partial charge in [0.05, 0.1) is 17.1 Å². The number of hydrogen-bond donors (Lipinski definition) is 2. The second kappa shape index (κ2) is 5.37. The molecular weight excluding hydrogens is 272 g/mol. The van der Waals surface area contributed by atoms with Crippen LogP contribution in [0.1, 0.15) is 20.2 Å². The number of aromatic nitrogens is 1. The first-order chi connectivity index (χ1) is 8.56. The summed E-state index contributed by atoms with van der Waals surface area (Å²) in [5.74, 6) is -0.321. The molecule has 1 aromatic heterocycles. The summed E-state index contributed by atoms with van der Waals surface area (Å²) >= 11 is 7.42. The lowest BCUT2D eigenvalue weighted by molar-refractivity contribution is 0.0950. The minimum Gasteiger partial charge on any atom is -0.508 e. The molecule has 0 fully saturated rings. The number of carbonyl (C=O) groups is 1. The molecule has 1 heterocycles. The highest BCUT2D eigenvalue weighted by Gasteiger charge is 2.11. The van der Waals surface area contributed by atoms with Gasteiger partial charge in [0.2, 0.25) is 0 Å². The molecule has 1 aromatic carbocycles. The molecule has 0 aliphatic rings. The van der Waals surface area contributed by atoms with Gasteiger partial charge in [-0.15, -0.1) is 11.3 Å². The van der Waals surface area contributed by atoms with E-state index in [0.717, 1.165) is 9.88 Å². The molecule has 0 aliphatic heterocycles. The zero-order valence-corrected chi connectivity index (χ0v) is 11.2. The number of aromatic hydroxyl groups is 1. The van der Waals surface area contributed by atoms with Crippen LogP contribution in [0.2, 0.25) is 5.02 Å². The normalized spacial score (nSPS) is 10.3. The molecule has 2 aromatic rings. The number of hydrogen-bond acceptors (Lipinski definition) is 4. The van der Waals surface area contributed by atoms with Crippen molar-refractivity contribution in [2.45, 2.75) is 13.5 Å². The molecule has 0 bridgehead atoms. The maximum absolute atomic E-state index is 11.9. The molecule has 0 unspecified atom stereocenters. The second-order valence-corrected chi connectivity index (χ2v) is 5.44. The van der Waals surface area contributed by atoms with E-state index in [1.807, 2.05) is 6.92 Å². The smallest absolute Gasteiger partial charge is 0.253 e. The minimum absolute atomic E-state index is 0.00893. The van der Waals surface area contributed by atoms with E-state index in [0.29, 0.717) is 11.6 Å². The van der Waals surface area contributed by atoms with Crippen molar-refractivity contribution in [3.05, 3.63) is 44.9 Å². The average molecular weight is 283 g/mol. The van der Waals surface area contributed by atoms with Crippen LogP contribution in [0.3, 0.4) is 0 Å². The highest BCUT2D eigenvalue weighted by atomic mass is 35.5. The Balaban J connectivity index is 2.05. The number of benzene rings is 1. The number of rotatable bonds is 3. The number of carbonyl (C=O) groups excluding carboxylic acids is 1. The van der Waals surface area contributed by atoms with E-state index in [1.54, 1.807) is 6.20 Å². The third-order valence-electron chi connectivity index (χ3n) is 2.26. The van der Waals surface area contributed by atoms with Crippen molar-refractivity contribution in [2.75, 3.05) is 0 Å².